The summed E-state index contributed by atoms with van der Waals surface area (Å²) in [6, 6.07) is 0. The van der Waals surface area contributed by atoms with E-state index in [-0.39, 0.29) is 12.6 Å². The molecular weight excluding hydrogens is 713 g/mol. The van der Waals surface area contributed by atoms with Gasteiger partial charge in [0.2, 0.25) is 0 Å². The van der Waals surface area contributed by atoms with E-state index in [9.17, 15) is 9.90 Å². The van der Waals surface area contributed by atoms with Gasteiger partial charge in [0.1, 0.15) is 6.10 Å². The van der Waals surface area contributed by atoms with Crippen molar-refractivity contribution in [1.82, 2.24) is 0 Å². The van der Waals surface area contributed by atoms with E-state index >= 15 is 0 Å². The quantitative estimate of drug-likeness (QED) is 0.0377. The van der Waals surface area contributed by atoms with E-state index in [4.69, 9.17) is 9.47 Å². The van der Waals surface area contributed by atoms with E-state index in [1.54, 1.807) is 0 Å². The highest BCUT2D eigenvalue weighted by atomic mass is 16.6. The van der Waals surface area contributed by atoms with Crippen LogP contribution in [-0.2, 0) is 14.3 Å². The third-order valence-electron chi connectivity index (χ3n) is 12.0. The number of hydrogen-bond donors (Lipinski definition) is 1. The molecule has 0 radical (unpaired) electrons. The number of aliphatic hydroxyl groups excluding tert-OH is 1. The first-order valence-corrected chi connectivity index (χ1v) is 26.4. The van der Waals surface area contributed by atoms with Gasteiger partial charge in [0.25, 0.3) is 0 Å². The van der Waals surface area contributed by atoms with Crippen molar-refractivity contribution in [2.75, 3.05) is 19.8 Å². The van der Waals surface area contributed by atoms with Crippen molar-refractivity contribution >= 4 is 5.97 Å². The summed E-state index contributed by atoms with van der Waals surface area (Å²) in [7, 11) is 0. The molecule has 0 aromatic carbocycles. The number of allylic oxidation sites excluding steroid dienone is 4. The van der Waals surface area contributed by atoms with Crippen LogP contribution < -0.4 is 0 Å². The van der Waals surface area contributed by atoms with Gasteiger partial charge < -0.3 is 14.6 Å². The van der Waals surface area contributed by atoms with Gasteiger partial charge in [0, 0.05) is 13.0 Å². The number of esters is 1. The van der Waals surface area contributed by atoms with Crippen molar-refractivity contribution in [3.05, 3.63) is 24.3 Å². The second kappa shape index (κ2) is 52.0. The molecule has 0 aliphatic heterocycles. The molecule has 0 aliphatic carbocycles. The molecule has 0 aliphatic rings. The molecule has 0 saturated heterocycles. The lowest BCUT2D eigenvalue weighted by atomic mass is 10.0. The maximum Gasteiger partial charge on any atom is 0.306 e. The minimum atomic E-state index is -0.531. The number of aliphatic hydroxyl groups is 1. The molecule has 0 aromatic rings. The topological polar surface area (TPSA) is 55.8 Å². The van der Waals surface area contributed by atoms with Crippen molar-refractivity contribution in [1.29, 1.82) is 0 Å². The van der Waals surface area contributed by atoms with E-state index in [0.717, 1.165) is 25.7 Å². The first-order valence-electron chi connectivity index (χ1n) is 26.4. The van der Waals surface area contributed by atoms with Gasteiger partial charge in [-0.25, -0.2) is 0 Å². The van der Waals surface area contributed by atoms with Gasteiger partial charge in [-0.1, -0.05) is 263 Å². The Morgan fingerprint density at radius 3 is 1.07 bits per heavy atom. The molecule has 0 heterocycles. The smallest absolute Gasteiger partial charge is 0.306 e. The Balaban J connectivity index is 3.36. The molecule has 0 fully saturated rings. The van der Waals surface area contributed by atoms with Crippen molar-refractivity contribution < 1.29 is 19.4 Å². The van der Waals surface area contributed by atoms with Crippen LogP contribution in [0.15, 0.2) is 24.3 Å². The van der Waals surface area contributed by atoms with Crippen LogP contribution >= 0.6 is 0 Å². The number of carbonyl (C=O) groups excluding carboxylic acids is 1. The zero-order valence-corrected chi connectivity index (χ0v) is 39.6. The summed E-state index contributed by atoms with van der Waals surface area (Å²) in [6.45, 7) is 5.39. The van der Waals surface area contributed by atoms with Crippen LogP contribution in [-0.4, -0.2) is 37.0 Å². The molecule has 0 aromatic heterocycles. The summed E-state index contributed by atoms with van der Waals surface area (Å²) in [5, 5.41) is 9.66. The van der Waals surface area contributed by atoms with E-state index in [2.05, 4.69) is 38.2 Å². The summed E-state index contributed by atoms with van der Waals surface area (Å²) in [5.74, 6) is -0.195. The minimum absolute atomic E-state index is 0.166. The fourth-order valence-corrected chi connectivity index (χ4v) is 8.07. The first kappa shape index (κ1) is 56.9. The van der Waals surface area contributed by atoms with Gasteiger partial charge in [0.15, 0.2) is 0 Å². The van der Waals surface area contributed by atoms with Crippen molar-refractivity contribution in [3.63, 3.8) is 0 Å². The number of rotatable bonds is 50. The maximum atomic E-state index is 12.3. The van der Waals surface area contributed by atoms with Crippen LogP contribution in [0.3, 0.4) is 0 Å². The van der Waals surface area contributed by atoms with Gasteiger partial charge >= 0.3 is 5.97 Å². The molecule has 1 unspecified atom stereocenters. The lowest BCUT2D eigenvalue weighted by Gasteiger charge is -2.16. The van der Waals surface area contributed by atoms with Crippen molar-refractivity contribution in [3.8, 4) is 0 Å². The Morgan fingerprint density at radius 2 is 0.724 bits per heavy atom. The molecule has 0 saturated carbocycles. The molecule has 58 heavy (non-hydrogen) atoms. The standard InChI is InChI=1S/C54H104O4/c1-3-5-7-9-11-13-15-17-19-21-23-25-26-27-28-29-31-33-35-37-39-41-43-45-47-49-54(56)58-53(51-55)52-57-50-48-46-44-42-40-38-36-34-32-30-24-22-20-18-16-14-12-10-8-6-4-2/h15,17,21,23,53,55H,3-14,16,18-20,22,24-52H2,1-2H3/b17-15-,23-21-. The average Bonchev–Trinajstić information content (AvgIpc) is 3.23. The maximum absolute atomic E-state index is 12.3. The number of ether oxygens (including phenoxy) is 2. The summed E-state index contributed by atoms with van der Waals surface area (Å²) in [4.78, 5) is 12.3. The van der Waals surface area contributed by atoms with Gasteiger partial charge in [-0.15, -0.1) is 0 Å². The number of carbonyl (C=O) groups is 1. The summed E-state index contributed by atoms with van der Waals surface area (Å²) in [6.07, 6.45) is 65.6. The van der Waals surface area contributed by atoms with Gasteiger partial charge in [-0.05, 0) is 44.9 Å². The van der Waals surface area contributed by atoms with E-state index in [0.29, 0.717) is 19.6 Å². The van der Waals surface area contributed by atoms with Crippen LogP contribution in [0.4, 0.5) is 0 Å². The third kappa shape index (κ3) is 49.2. The Hall–Kier alpha value is -1.13. The van der Waals surface area contributed by atoms with E-state index < -0.39 is 6.10 Å². The molecular formula is C54H104O4. The predicted octanol–water partition coefficient (Wildman–Crippen LogP) is 17.8. The Morgan fingerprint density at radius 1 is 0.414 bits per heavy atom. The molecule has 344 valence electrons. The normalized spacial score (nSPS) is 12.4. The largest absolute Gasteiger partial charge is 0.457 e. The highest BCUT2D eigenvalue weighted by Crippen LogP contribution is 2.17. The molecule has 0 bridgehead atoms. The van der Waals surface area contributed by atoms with E-state index in [1.165, 1.54) is 244 Å². The molecule has 0 amide bonds. The first-order chi connectivity index (χ1) is 28.7. The number of unbranched alkanes of at least 4 members (excludes halogenated alkanes) is 38. The second-order valence-electron chi connectivity index (χ2n) is 18.0. The van der Waals surface area contributed by atoms with Crippen molar-refractivity contribution in [2.45, 2.75) is 296 Å². The zero-order chi connectivity index (χ0) is 41.9. The van der Waals surface area contributed by atoms with Gasteiger partial charge in [0.05, 0.1) is 13.2 Å². The summed E-state index contributed by atoms with van der Waals surface area (Å²) >= 11 is 0. The Kier molecular flexibility index (Phi) is 51.0. The van der Waals surface area contributed by atoms with Crippen molar-refractivity contribution in [2.24, 2.45) is 0 Å². The molecule has 4 nitrogen and oxygen atoms in total. The second-order valence-corrected chi connectivity index (χ2v) is 18.0. The van der Waals surface area contributed by atoms with Crippen LogP contribution in [0, 0.1) is 0 Å². The minimum Gasteiger partial charge on any atom is -0.457 e. The molecule has 1 atom stereocenters. The van der Waals surface area contributed by atoms with Crippen LogP contribution in [0.5, 0.6) is 0 Å². The predicted molar refractivity (Wildman–Crippen MR) is 256 cm³/mol. The number of hydrogen-bond acceptors (Lipinski definition) is 4. The third-order valence-corrected chi connectivity index (χ3v) is 12.0. The lowest BCUT2D eigenvalue weighted by Crippen LogP contribution is -2.27. The Bertz CT molecular complexity index is 822. The van der Waals surface area contributed by atoms with Crippen LogP contribution in [0.2, 0.25) is 0 Å². The molecule has 0 spiro atoms. The van der Waals surface area contributed by atoms with Gasteiger partial charge in [-0.3, -0.25) is 4.79 Å². The molecule has 4 heteroatoms. The van der Waals surface area contributed by atoms with Crippen LogP contribution in [0.1, 0.15) is 290 Å². The highest BCUT2D eigenvalue weighted by molar-refractivity contribution is 5.69. The van der Waals surface area contributed by atoms with Crippen LogP contribution in [0.25, 0.3) is 0 Å². The SMILES string of the molecule is CCCCCCC/C=C\C/C=C\CCCCCCCCCCCCCCCC(=O)OC(CO)COCCCCCCCCCCCCCCCCCCCCCCC. The monoisotopic (exact) mass is 817 g/mol. The fraction of sp³-hybridized carbons (Fsp3) is 0.907. The average molecular weight is 817 g/mol. The fourth-order valence-electron chi connectivity index (χ4n) is 8.07. The molecule has 0 rings (SSSR count). The summed E-state index contributed by atoms with van der Waals surface area (Å²) < 4.78 is 11.2. The van der Waals surface area contributed by atoms with E-state index in [1.807, 2.05) is 0 Å². The summed E-state index contributed by atoms with van der Waals surface area (Å²) in [5.41, 5.74) is 0. The van der Waals surface area contributed by atoms with Gasteiger partial charge in [-0.2, -0.15) is 0 Å². The lowest BCUT2D eigenvalue weighted by molar-refractivity contribution is -0.154. The molecule has 1 N–H and O–H groups in total. The highest BCUT2D eigenvalue weighted by Gasteiger charge is 2.13. The Labute approximate surface area is 364 Å². The zero-order valence-electron chi connectivity index (χ0n) is 39.6.